The van der Waals surface area contributed by atoms with Crippen molar-refractivity contribution in [2.24, 2.45) is 11.8 Å². The number of hydrogen-bond donors (Lipinski definition) is 0. The first-order valence-electron chi connectivity index (χ1n) is 11.8. The third-order valence-electron chi connectivity index (χ3n) is 7.37. The summed E-state index contributed by atoms with van der Waals surface area (Å²) in [6, 6.07) is 9.24. The van der Waals surface area contributed by atoms with Gasteiger partial charge in [-0.25, -0.2) is 4.98 Å². The number of fused-ring (bicyclic) bond motifs is 1. The second kappa shape index (κ2) is 8.99. The molecule has 3 atom stereocenters. The van der Waals surface area contributed by atoms with Crippen LogP contribution in [0.4, 0.5) is 5.82 Å². The van der Waals surface area contributed by atoms with E-state index >= 15 is 0 Å². The number of ether oxygens (including phenoxy) is 1. The Morgan fingerprint density at radius 2 is 1.82 bits per heavy atom. The Kier molecular flexibility index (Phi) is 5.84. The van der Waals surface area contributed by atoms with E-state index in [1.54, 1.807) is 6.20 Å². The van der Waals surface area contributed by atoms with Gasteiger partial charge < -0.3 is 14.2 Å². The Morgan fingerprint density at radius 3 is 2.44 bits per heavy atom. The van der Waals surface area contributed by atoms with Crippen LogP contribution in [0.25, 0.3) is 11.3 Å². The van der Waals surface area contributed by atoms with Gasteiger partial charge in [-0.15, -0.1) is 0 Å². The number of carbonyl (C=O) groups is 1. The van der Waals surface area contributed by atoms with Crippen LogP contribution in [0.5, 0.6) is 0 Å². The lowest BCUT2D eigenvalue weighted by Gasteiger charge is -2.20. The second-order valence-electron chi connectivity index (χ2n) is 9.64. The minimum Gasteiger partial charge on any atom is -0.373 e. The Morgan fingerprint density at radius 1 is 1.09 bits per heavy atom. The normalized spacial score (nSPS) is 23.9. The lowest BCUT2D eigenvalue weighted by molar-refractivity contribution is 0.0402. The van der Waals surface area contributed by atoms with Crippen molar-refractivity contribution in [1.29, 1.82) is 0 Å². The van der Waals surface area contributed by atoms with Crippen LogP contribution in [0.15, 0.2) is 41.1 Å². The van der Waals surface area contributed by atoms with Gasteiger partial charge in [-0.1, -0.05) is 34.4 Å². The van der Waals surface area contributed by atoms with E-state index in [2.05, 4.69) is 15.0 Å². The van der Waals surface area contributed by atoms with Gasteiger partial charge in [0.25, 0.3) is 0 Å². The molecule has 3 heterocycles. The summed E-state index contributed by atoms with van der Waals surface area (Å²) >= 11 is 13.0. The van der Waals surface area contributed by atoms with E-state index in [0.717, 1.165) is 62.2 Å². The molecule has 1 unspecified atom stereocenters. The number of aromatic nitrogens is 2. The second-order valence-corrected chi connectivity index (χ2v) is 10.5. The molecule has 34 heavy (non-hydrogen) atoms. The monoisotopic (exact) mass is 497 g/mol. The molecule has 3 fully saturated rings. The van der Waals surface area contributed by atoms with E-state index < -0.39 is 0 Å². The summed E-state index contributed by atoms with van der Waals surface area (Å²) in [6.45, 7) is 2.40. The Balaban J connectivity index is 1.14. The molecule has 0 N–H and O–H groups in total. The summed E-state index contributed by atoms with van der Waals surface area (Å²) in [5.41, 5.74) is 3.00. The van der Waals surface area contributed by atoms with Crippen molar-refractivity contribution >= 4 is 35.3 Å². The van der Waals surface area contributed by atoms with Gasteiger partial charge in [-0.2, -0.15) is 0 Å². The van der Waals surface area contributed by atoms with E-state index in [1.165, 1.54) is 0 Å². The number of carbonyl (C=O) groups excluding carboxylic acids is 1. The molecule has 0 radical (unpaired) electrons. The van der Waals surface area contributed by atoms with E-state index in [0.29, 0.717) is 51.2 Å². The number of rotatable bonds is 7. The van der Waals surface area contributed by atoms with Crippen LogP contribution in [0.1, 0.15) is 53.3 Å². The van der Waals surface area contributed by atoms with Gasteiger partial charge in [-0.05, 0) is 61.8 Å². The smallest absolute Gasteiger partial charge is 0.151 e. The van der Waals surface area contributed by atoms with Crippen molar-refractivity contribution in [1.82, 2.24) is 10.1 Å². The largest absolute Gasteiger partial charge is 0.373 e. The van der Waals surface area contributed by atoms with Gasteiger partial charge in [0, 0.05) is 41.9 Å². The molecule has 0 bridgehead atoms. The molecule has 3 aromatic rings. The summed E-state index contributed by atoms with van der Waals surface area (Å²) in [5, 5.41) is 5.50. The third-order valence-corrected chi connectivity index (χ3v) is 8.00. The van der Waals surface area contributed by atoms with E-state index in [1.807, 2.05) is 30.3 Å². The number of benzene rings is 1. The number of anilines is 1. The first kappa shape index (κ1) is 22.1. The van der Waals surface area contributed by atoms with Crippen LogP contribution < -0.4 is 4.90 Å². The molecule has 1 aromatic carbocycles. The van der Waals surface area contributed by atoms with Crippen LogP contribution in [-0.2, 0) is 11.3 Å². The quantitative estimate of drug-likeness (QED) is 0.363. The number of hydrogen-bond acceptors (Lipinski definition) is 6. The van der Waals surface area contributed by atoms with Gasteiger partial charge in [0.1, 0.15) is 17.3 Å². The zero-order valence-corrected chi connectivity index (χ0v) is 20.1. The summed E-state index contributed by atoms with van der Waals surface area (Å²) in [6.07, 6.45) is 6.96. The average Bonchev–Trinajstić information content (AvgIpc) is 3.31. The summed E-state index contributed by atoms with van der Waals surface area (Å²) < 4.78 is 12.2. The van der Waals surface area contributed by atoms with E-state index in [-0.39, 0.29) is 6.10 Å². The zero-order chi connectivity index (χ0) is 23.2. The lowest BCUT2D eigenvalue weighted by Crippen LogP contribution is -2.24. The Hall–Kier alpha value is -2.41. The number of pyridine rings is 1. The Bertz CT molecular complexity index is 1170. The minimum absolute atomic E-state index is 0.207. The van der Waals surface area contributed by atoms with Crippen LogP contribution in [0, 0.1) is 11.8 Å². The maximum atomic E-state index is 10.9. The van der Waals surface area contributed by atoms with Crippen molar-refractivity contribution in [3.05, 3.63) is 63.5 Å². The molecule has 2 aliphatic carbocycles. The molecule has 6 rings (SSSR count). The molecule has 176 valence electrons. The summed E-state index contributed by atoms with van der Waals surface area (Å²) in [5.74, 6) is 3.44. The first-order valence-corrected chi connectivity index (χ1v) is 12.6. The molecule has 2 aromatic heterocycles. The maximum absolute atomic E-state index is 10.9. The molecule has 1 aliphatic heterocycles. The third kappa shape index (κ3) is 4.12. The van der Waals surface area contributed by atoms with E-state index in [4.69, 9.17) is 32.5 Å². The highest BCUT2D eigenvalue weighted by atomic mass is 35.5. The van der Waals surface area contributed by atoms with E-state index in [9.17, 15) is 4.79 Å². The fourth-order valence-electron chi connectivity index (χ4n) is 5.47. The lowest BCUT2D eigenvalue weighted by atomic mass is 10.0. The van der Waals surface area contributed by atoms with Crippen molar-refractivity contribution in [2.75, 3.05) is 18.0 Å². The van der Waals surface area contributed by atoms with Gasteiger partial charge >= 0.3 is 0 Å². The van der Waals surface area contributed by atoms with Crippen LogP contribution >= 0.6 is 23.2 Å². The fraction of sp³-hybridized carbons (Fsp3) is 0.423. The van der Waals surface area contributed by atoms with Gasteiger partial charge in [0.15, 0.2) is 6.29 Å². The first-order chi connectivity index (χ1) is 16.6. The summed E-state index contributed by atoms with van der Waals surface area (Å²) in [4.78, 5) is 17.7. The highest BCUT2D eigenvalue weighted by Gasteiger charge is 2.42. The SMILES string of the molecule is O=Cc1ccc(N2CC3C[C@H](OCc4c(-c5c(Cl)cccc5Cl)noc4C4CC4)C[C@H]3C2)nc1. The van der Waals surface area contributed by atoms with Crippen LogP contribution in [0.3, 0.4) is 0 Å². The van der Waals surface area contributed by atoms with Crippen molar-refractivity contribution in [3.63, 3.8) is 0 Å². The van der Waals surface area contributed by atoms with Crippen LogP contribution in [0.2, 0.25) is 10.0 Å². The van der Waals surface area contributed by atoms with Crippen LogP contribution in [-0.4, -0.2) is 35.6 Å². The topological polar surface area (TPSA) is 68.5 Å². The molecule has 2 saturated carbocycles. The fourth-order valence-corrected chi connectivity index (χ4v) is 6.05. The predicted molar refractivity (Wildman–Crippen MR) is 131 cm³/mol. The van der Waals surface area contributed by atoms with Gasteiger partial charge in [0.2, 0.25) is 0 Å². The number of halogens is 2. The molecule has 8 heteroatoms. The van der Waals surface area contributed by atoms with Crippen molar-refractivity contribution in [3.8, 4) is 11.3 Å². The summed E-state index contributed by atoms with van der Waals surface area (Å²) in [7, 11) is 0. The zero-order valence-electron chi connectivity index (χ0n) is 18.6. The molecular weight excluding hydrogens is 473 g/mol. The predicted octanol–water partition coefficient (Wildman–Crippen LogP) is 6.16. The molecule has 6 nitrogen and oxygen atoms in total. The van der Waals surface area contributed by atoms with Crippen molar-refractivity contribution < 1.29 is 14.1 Å². The molecule has 1 saturated heterocycles. The Labute approximate surface area is 208 Å². The highest BCUT2D eigenvalue weighted by molar-refractivity contribution is 6.39. The molecule has 3 aliphatic rings. The number of nitrogens with zero attached hydrogens (tertiary/aromatic N) is 3. The number of aldehydes is 1. The minimum atomic E-state index is 0.207. The highest BCUT2D eigenvalue weighted by Crippen LogP contribution is 2.47. The van der Waals surface area contributed by atoms with Gasteiger partial charge in [0.05, 0.1) is 22.8 Å². The van der Waals surface area contributed by atoms with Crippen molar-refractivity contribution in [2.45, 2.75) is 44.3 Å². The standard InChI is InChI=1S/C26H25Cl2N3O3/c27-21-2-1-3-22(28)24(21)25-20(26(34-30-25)16-5-6-16)14-33-19-8-17-11-31(12-18(17)9-19)23-7-4-15(13-32)10-29-23/h1-4,7,10,13,16-19H,5-6,8-9,11-12,14H2/t17-,18?,19+/m0/s1. The molecular formula is C26H25Cl2N3O3. The molecule has 0 spiro atoms. The van der Waals surface area contributed by atoms with Gasteiger partial charge in [-0.3, -0.25) is 4.79 Å². The maximum Gasteiger partial charge on any atom is 0.151 e. The average molecular weight is 498 g/mol. The molecule has 0 amide bonds.